The summed E-state index contributed by atoms with van der Waals surface area (Å²) in [5.74, 6) is 0.549. The molecule has 0 aromatic carbocycles. The highest BCUT2D eigenvalue weighted by Gasteiger charge is 2.09. The van der Waals surface area contributed by atoms with Crippen LogP contribution in [0.5, 0.6) is 0 Å². The molecule has 0 aromatic rings. The smallest absolute Gasteiger partial charge is 0.0871 e. The third-order valence-electron chi connectivity index (χ3n) is 2.66. The molecule has 0 aliphatic rings. The molecule has 17 heavy (non-hydrogen) atoms. The number of likely N-dealkylation sites (N-methyl/N-ethyl adjacent to an activating group) is 1. The molecule has 0 aromatic heterocycles. The molecule has 0 rings (SSSR count). The Morgan fingerprint density at radius 3 is 2.59 bits per heavy atom. The molecule has 0 aliphatic carbocycles. The lowest BCUT2D eigenvalue weighted by Gasteiger charge is -2.18. The summed E-state index contributed by atoms with van der Waals surface area (Å²) >= 11 is 0. The first-order chi connectivity index (χ1) is 7.97. The highest BCUT2D eigenvalue weighted by atomic mass is 16.3. The number of aliphatic hydroxyl groups is 1. The maximum Gasteiger partial charge on any atom is 0.0871 e. The molecule has 0 radical (unpaired) electrons. The molecule has 102 valence electrons. The van der Waals surface area contributed by atoms with Gasteiger partial charge in [-0.1, -0.05) is 20.4 Å². The van der Waals surface area contributed by atoms with Gasteiger partial charge in [-0.05, 0) is 25.0 Å². The van der Waals surface area contributed by atoms with Gasteiger partial charge in [-0.25, -0.2) is 0 Å². The SMILES string of the molecule is C=C(CC(C)C)C(O)CNCCN(C)CCN. The van der Waals surface area contributed by atoms with Crippen molar-refractivity contribution in [3.8, 4) is 0 Å². The van der Waals surface area contributed by atoms with Gasteiger partial charge in [-0.2, -0.15) is 0 Å². The number of nitrogens with two attached hydrogens (primary N) is 1. The summed E-state index contributed by atoms with van der Waals surface area (Å²) < 4.78 is 0. The van der Waals surface area contributed by atoms with Crippen molar-refractivity contribution in [2.75, 3.05) is 39.8 Å². The van der Waals surface area contributed by atoms with Crippen LogP contribution < -0.4 is 11.1 Å². The Hall–Kier alpha value is -0.420. The highest BCUT2D eigenvalue weighted by Crippen LogP contribution is 2.11. The lowest BCUT2D eigenvalue weighted by molar-refractivity contribution is 0.198. The zero-order valence-corrected chi connectivity index (χ0v) is 11.6. The van der Waals surface area contributed by atoms with Gasteiger partial charge in [-0.3, -0.25) is 0 Å². The van der Waals surface area contributed by atoms with E-state index < -0.39 is 6.10 Å². The first kappa shape index (κ1) is 16.6. The molecule has 0 spiro atoms. The number of rotatable bonds is 10. The van der Waals surface area contributed by atoms with E-state index in [1.807, 2.05) is 7.05 Å². The van der Waals surface area contributed by atoms with Gasteiger partial charge in [0, 0.05) is 32.7 Å². The van der Waals surface area contributed by atoms with Crippen molar-refractivity contribution in [1.29, 1.82) is 0 Å². The van der Waals surface area contributed by atoms with Crippen LogP contribution in [0.4, 0.5) is 0 Å². The number of hydrogen-bond donors (Lipinski definition) is 3. The monoisotopic (exact) mass is 243 g/mol. The average molecular weight is 243 g/mol. The van der Waals surface area contributed by atoms with Crippen LogP contribution in [0.1, 0.15) is 20.3 Å². The van der Waals surface area contributed by atoms with Crippen LogP contribution in [0.3, 0.4) is 0 Å². The minimum Gasteiger partial charge on any atom is -0.387 e. The first-order valence-corrected chi connectivity index (χ1v) is 6.42. The van der Waals surface area contributed by atoms with Gasteiger partial charge >= 0.3 is 0 Å². The van der Waals surface area contributed by atoms with Crippen molar-refractivity contribution < 1.29 is 5.11 Å². The normalized spacial score (nSPS) is 13.4. The summed E-state index contributed by atoms with van der Waals surface area (Å²) in [5, 5.41) is 13.1. The Bertz CT molecular complexity index is 207. The topological polar surface area (TPSA) is 61.5 Å². The second-order valence-corrected chi connectivity index (χ2v) is 5.07. The Morgan fingerprint density at radius 1 is 1.41 bits per heavy atom. The molecule has 0 amide bonds. The fraction of sp³-hybridized carbons (Fsp3) is 0.846. The lowest BCUT2D eigenvalue weighted by atomic mass is 10.00. The maximum absolute atomic E-state index is 9.84. The average Bonchev–Trinajstić information content (AvgIpc) is 2.23. The minimum absolute atomic E-state index is 0.433. The summed E-state index contributed by atoms with van der Waals surface area (Å²) in [6.07, 6.45) is 0.452. The molecule has 0 saturated carbocycles. The van der Waals surface area contributed by atoms with Gasteiger partial charge < -0.3 is 21.1 Å². The zero-order valence-electron chi connectivity index (χ0n) is 11.6. The highest BCUT2D eigenvalue weighted by molar-refractivity contribution is 5.02. The molecular weight excluding hydrogens is 214 g/mol. The second-order valence-electron chi connectivity index (χ2n) is 5.07. The van der Waals surface area contributed by atoms with Crippen LogP contribution in [-0.4, -0.2) is 55.9 Å². The van der Waals surface area contributed by atoms with Crippen molar-refractivity contribution in [1.82, 2.24) is 10.2 Å². The third-order valence-corrected chi connectivity index (χ3v) is 2.66. The van der Waals surface area contributed by atoms with Gasteiger partial charge in [0.25, 0.3) is 0 Å². The summed E-state index contributed by atoms with van der Waals surface area (Å²) in [6, 6.07) is 0. The fourth-order valence-corrected chi connectivity index (χ4v) is 1.65. The molecular formula is C13H29N3O. The van der Waals surface area contributed by atoms with E-state index in [4.69, 9.17) is 5.73 Å². The van der Waals surface area contributed by atoms with E-state index in [9.17, 15) is 5.11 Å². The van der Waals surface area contributed by atoms with Crippen molar-refractivity contribution in [3.05, 3.63) is 12.2 Å². The maximum atomic E-state index is 9.84. The predicted octanol–water partition coefficient (Wildman–Crippen LogP) is 0.430. The molecule has 4 N–H and O–H groups in total. The Morgan fingerprint density at radius 2 is 2.06 bits per heavy atom. The molecule has 4 nitrogen and oxygen atoms in total. The molecule has 0 fully saturated rings. The van der Waals surface area contributed by atoms with Crippen molar-refractivity contribution >= 4 is 0 Å². The van der Waals surface area contributed by atoms with E-state index in [0.29, 0.717) is 19.0 Å². The van der Waals surface area contributed by atoms with E-state index in [0.717, 1.165) is 31.6 Å². The molecule has 1 atom stereocenters. The van der Waals surface area contributed by atoms with Crippen LogP contribution in [0.25, 0.3) is 0 Å². The number of nitrogens with one attached hydrogen (secondary N) is 1. The molecule has 0 heterocycles. The molecule has 0 saturated heterocycles. The van der Waals surface area contributed by atoms with Gasteiger partial charge in [0.15, 0.2) is 0 Å². The van der Waals surface area contributed by atoms with Gasteiger partial charge in [0.1, 0.15) is 0 Å². The Balaban J connectivity index is 3.57. The Labute approximate surface area is 106 Å². The molecule has 0 bridgehead atoms. The number of hydrogen-bond acceptors (Lipinski definition) is 4. The summed E-state index contributed by atoms with van der Waals surface area (Å²) in [5.41, 5.74) is 6.37. The van der Waals surface area contributed by atoms with Gasteiger partial charge in [0.2, 0.25) is 0 Å². The van der Waals surface area contributed by atoms with Crippen LogP contribution in [0.15, 0.2) is 12.2 Å². The largest absolute Gasteiger partial charge is 0.387 e. The molecule has 0 aliphatic heterocycles. The van der Waals surface area contributed by atoms with E-state index >= 15 is 0 Å². The number of aliphatic hydroxyl groups excluding tert-OH is 1. The van der Waals surface area contributed by atoms with Crippen LogP contribution in [0, 0.1) is 5.92 Å². The van der Waals surface area contributed by atoms with E-state index in [2.05, 4.69) is 30.6 Å². The summed E-state index contributed by atoms with van der Waals surface area (Å²) in [4.78, 5) is 2.17. The van der Waals surface area contributed by atoms with Crippen molar-refractivity contribution in [2.24, 2.45) is 11.7 Å². The van der Waals surface area contributed by atoms with E-state index in [-0.39, 0.29) is 0 Å². The summed E-state index contributed by atoms with van der Waals surface area (Å²) in [6.45, 7) is 12.2. The predicted molar refractivity (Wildman–Crippen MR) is 74.0 cm³/mol. The lowest BCUT2D eigenvalue weighted by Crippen LogP contribution is -2.36. The second kappa shape index (κ2) is 9.59. The summed E-state index contributed by atoms with van der Waals surface area (Å²) in [7, 11) is 2.04. The van der Waals surface area contributed by atoms with Gasteiger partial charge in [0.05, 0.1) is 6.10 Å². The van der Waals surface area contributed by atoms with Crippen LogP contribution >= 0.6 is 0 Å². The standard InChI is InChI=1S/C13H29N3O/c1-11(2)9-12(3)13(17)10-15-6-8-16(4)7-5-14/h11,13,15,17H,3,5-10,14H2,1-2,4H3. The minimum atomic E-state index is -0.433. The fourth-order valence-electron chi connectivity index (χ4n) is 1.65. The van der Waals surface area contributed by atoms with E-state index in [1.54, 1.807) is 0 Å². The Kier molecular flexibility index (Phi) is 9.36. The third kappa shape index (κ3) is 9.30. The number of nitrogens with zero attached hydrogens (tertiary/aromatic N) is 1. The van der Waals surface area contributed by atoms with Crippen molar-refractivity contribution in [3.63, 3.8) is 0 Å². The van der Waals surface area contributed by atoms with Gasteiger partial charge in [-0.15, -0.1) is 0 Å². The zero-order chi connectivity index (χ0) is 13.3. The van der Waals surface area contributed by atoms with E-state index in [1.165, 1.54) is 0 Å². The van der Waals surface area contributed by atoms with Crippen LogP contribution in [0.2, 0.25) is 0 Å². The molecule has 1 unspecified atom stereocenters. The quantitative estimate of drug-likeness (QED) is 0.385. The first-order valence-electron chi connectivity index (χ1n) is 6.42. The van der Waals surface area contributed by atoms with Crippen molar-refractivity contribution in [2.45, 2.75) is 26.4 Å². The van der Waals surface area contributed by atoms with Crippen LogP contribution in [-0.2, 0) is 0 Å². The molecule has 4 heteroatoms.